The molecule has 0 spiro atoms. The van der Waals surface area contributed by atoms with Gasteiger partial charge in [0.1, 0.15) is 0 Å². The number of benzene rings is 2. The van der Waals surface area contributed by atoms with Crippen LogP contribution in [0.15, 0.2) is 48.5 Å². The third-order valence-electron chi connectivity index (χ3n) is 3.96. The van der Waals surface area contributed by atoms with Crippen LogP contribution in [-0.2, 0) is 11.3 Å². The second-order valence-electron chi connectivity index (χ2n) is 7.24. The molecule has 2 aromatic carbocycles. The third kappa shape index (κ3) is 5.67. The second kappa shape index (κ2) is 8.49. The van der Waals surface area contributed by atoms with Crippen LogP contribution in [-0.4, -0.2) is 24.8 Å². The van der Waals surface area contributed by atoms with E-state index in [-0.39, 0.29) is 17.7 Å². The number of amides is 3. The predicted octanol–water partition coefficient (Wildman–Crippen LogP) is 2.96. The highest BCUT2D eigenvalue weighted by Crippen LogP contribution is 2.18. The number of hydrogen-bond donors (Lipinski definition) is 3. The average Bonchev–Trinajstić information content (AvgIpc) is 2.65. The molecule has 0 unspecified atom stereocenters. The molecule has 3 amide bonds. The highest BCUT2D eigenvalue weighted by atomic mass is 16.2. The molecule has 142 valence electrons. The summed E-state index contributed by atoms with van der Waals surface area (Å²) in [5.41, 5.74) is 1.98. The van der Waals surface area contributed by atoms with Gasteiger partial charge >= 0.3 is 0 Å². The molecule has 27 heavy (non-hydrogen) atoms. The molecule has 6 heteroatoms. The smallest absolute Gasteiger partial charge is 0.251 e. The van der Waals surface area contributed by atoms with E-state index in [1.54, 1.807) is 55.6 Å². The number of hydrogen-bond acceptors (Lipinski definition) is 3. The van der Waals surface area contributed by atoms with Crippen LogP contribution in [0.3, 0.4) is 0 Å². The highest BCUT2D eigenvalue weighted by Gasteiger charge is 2.21. The van der Waals surface area contributed by atoms with E-state index >= 15 is 0 Å². The maximum Gasteiger partial charge on any atom is 0.251 e. The molecule has 0 aromatic heterocycles. The summed E-state index contributed by atoms with van der Waals surface area (Å²) in [6.45, 7) is 5.82. The summed E-state index contributed by atoms with van der Waals surface area (Å²) in [7, 11) is 1.58. The first-order valence-electron chi connectivity index (χ1n) is 8.71. The van der Waals surface area contributed by atoms with E-state index < -0.39 is 5.41 Å². The van der Waals surface area contributed by atoms with Gasteiger partial charge in [0.2, 0.25) is 5.91 Å². The zero-order valence-corrected chi connectivity index (χ0v) is 16.1. The molecule has 0 radical (unpaired) electrons. The molecule has 0 aliphatic rings. The minimum absolute atomic E-state index is 0.115. The molecule has 3 N–H and O–H groups in total. The van der Waals surface area contributed by atoms with E-state index in [4.69, 9.17) is 0 Å². The Labute approximate surface area is 159 Å². The first kappa shape index (κ1) is 20.2. The fourth-order valence-electron chi connectivity index (χ4n) is 2.26. The molecule has 0 bridgehead atoms. The van der Waals surface area contributed by atoms with Crippen LogP contribution in [0.2, 0.25) is 0 Å². The minimum Gasteiger partial charge on any atom is -0.355 e. The van der Waals surface area contributed by atoms with Crippen LogP contribution in [0.25, 0.3) is 0 Å². The van der Waals surface area contributed by atoms with Crippen molar-refractivity contribution in [2.45, 2.75) is 27.3 Å². The van der Waals surface area contributed by atoms with Crippen molar-refractivity contribution < 1.29 is 14.4 Å². The number of rotatable bonds is 5. The van der Waals surface area contributed by atoms with E-state index in [2.05, 4.69) is 16.0 Å². The molecule has 6 nitrogen and oxygen atoms in total. The fraction of sp³-hybridized carbons (Fsp3) is 0.286. The summed E-state index contributed by atoms with van der Waals surface area (Å²) in [5.74, 6) is -0.506. The van der Waals surface area contributed by atoms with Crippen molar-refractivity contribution in [2.24, 2.45) is 5.41 Å². The summed E-state index contributed by atoms with van der Waals surface area (Å²) in [5, 5.41) is 8.21. The van der Waals surface area contributed by atoms with Crippen molar-refractivity contribution >= 4 is 23.4 Å². The van der Waals surface area contributed by atoms with Crippen LogP contribution in [0.4, 0.5) is 5.69 Å². The van der Waals surface area contributed by atoms with Gasteiger partial charge < -0.3 is 16.0 Å². The van der Waals surface area contributed by atoms with E-state index in [0.29, 0.717) is 23.4 Å². The maximum atomic E-state index is 12.4. The van der Waals surface area contributed by atoms with Crippen LogP contribution < -0.4 is 16.0 Å². The standard InChI is InChI=1S/C21H25N3O3/c1-21(2,3)20(27)24-17-7-5-6-16(12-17)19(26)23-13-14-8-10-15(11-9-14)18(25)22-4/h5-12H,13H2,1-4H3,(H,22,25)(H,23,26)(H,24,27). The highest BCUT2D eigenvalue weighted by molar-refractivity contribution is 5.98. The average molecular weight is 367 g/mol. The lowest BCUT2D eigenvalue weighted by Gasteiger charge is -2.18. The van der Waals surface area contributed by atoms with Gasteiger partial charge in [-0.15, -0.1) is 0 Å². The molecule has 0 aliphatic heterocycles. The lowest BCUT2D eigenvalue weighted by Crippen LogP contribution is -2.28. The molecule has 2 aromatic rings. The first-order valence-corrected chi connectivity index (χ1v) is 8.71. The van der Waals surface area contributed by atoms with Gasteiger partial charge in [0.15, 0.2) is 0 Å². The van der Waals surface area contributed by atoms with Crippen molar-refractivity contribution in [2.75, 3.05) is 12.4 Å². The minimum atomic E-state index is -0.515. The van der Waals surface area contributed by atoms with E-state index in [0.717, 1.165) is 5.56 Å². The molecule has 0 heterocycles. The van der Waals surface area contributed by atoms with Gasteiger partial charge in [0, 0.05) is 35.8 Å². The molecule has 0 atom stereocenters. The van der Waals surface area contributed by atoms with Gasteiger partial charge in [0.05, 0.1) is 0 Å². The molecule has 0 saturated heterocycles. The number of anilines is 1. The van der Waals surface area contributed by atoms with Crippen LogP contribution in [0.5, 0.6) is 0 Å². The molecular formula is C21H25N3O3. The van der Waals surface area contributed by atoms with Gasteiger partial charge in [-0.25, -0.2) is 0 Å². The SMILES string of the molecule is CNC(=O)c1ccc(CNC(=O)c2cccc(NC(=O)C(C)(C)C)c2)cc1. The second-order valence-corrected chi connectivity index (χ2v) is 7.24. The Morgan fingerprint density at radius 2 is 1.56 bits per heavy atom. The van der Waals surface area contributed by atoms with E-state index in [1.165, 1.54) is 0 Å². The van der Waals surface area contributed by atoms with Crippen molar-refractivity contribution in [1.29, 1.82) is 0 Å². The zero-order valence-electron chi connectivity index (χ0n) is 16.1. The Hall–Kier alpha value is -3.15. The molecule has 0 saturated carbocycles. The van der Waals surface area contributed by atoms with Crippen LogP contribution in [0, 0.1) is 5.41 Å². The Morgan fingerprint density at radius 1 is 0.889 bits per heavy atom. The lowest BCUT2D eigenvalue weighted by atomic mass is 9.95. The monoisotopic (exact) mass is 367 g/mol. The largest absolute Gasteiger partial charge is 0.355 e. The van der Waals surface area contributed by atoms with E-state index in [9.17, 15) is 14.4 Å². The normalized spacial score (nSPS) is 10.8. The number of nitrogens with one attached hydrogen (secondary N) is 3. The summed E-state index contributed by atoms with van der Waals surface area (Å²) in [6, 6.07) is 13.8. The molecule has 0 aliphatic carbocycles. The van der Waals surface area contributed by atoms with Gasteiger partial charge in [-0.05, 0) is 35.9 Å². The topological polar surface area (TPSA) is 87.3 Å². The number of carbonyl (C=O) groups is 3. The molecular weight excluding hydrogens is 342 g/mol. The predicted molar refractivity (Wildman–Crippen MR) is 106 cm³/mol. The van der Waals surface area contributed by atoms with Crippen molar-refractivity contribution in [3.05, 3.63) is 65.2 Å². The molecule has 0 fully saturated rings. The lowest BCUT2D eigenvalue weighted by molar-refractivity contribution is -0.123. The Kier molecular flexibility index (Phi) is 6.34. The van der Waals surface area contributed by atoms with Crippen molar-refractivity contribution in [3.8, 4) is 0 Å². The summed E-state index contributed by atoms with van der Waals surface area (Å²) in [4.78, 5) is 36.0. The van der Waals surface area contributed by atoms with Crippen molar-refractivity contribution in [1.82, 2.24) is 10.6 Å². The van der Waals surface area contributed by atoms with Crippen LogP contribution >= 0.6 is 0 Å². The summed E-state index contributed by atoms with van der Waals surface area (Å²) < 4.78 is 0. The summed E-state index contributed by atoms with van der Waals surface area (Å²) >= 11 is 0. The van der Waals surface area contributed by atoms with E-state index in [1.807, 2.05) is 20.8 Å². The quantitative estimate of drug-likeness (QED) is 0.759. The summed E-state index contributed by atoms with van der Waals surface area (Å²) in [6.07, 6.45) is 0. The third-order valence-corrected chi connectivity index (χ3v) is 3.96. The Morgan fingerprint density at radius 3 is 2.15 bits per heavy atom. The maximum absolute atomic E-state index is 12.4. The Balaban J connectivity index is 1.99. The van der Waals surface area contributed by atoms with Gasteiger partial charge in [-0.3, -0.25) is 14.4 Å². The number of carbonyl (C=O) groups excluding carboxylic acids is 3. The Bertz CT molecular complexity index is 836. The van der Waals surface area contributed by atoms with Crippen LogP contribution in [0.1, 0.15) is 47.1 Å². The zero-order chi connectivity index (χ0) is 20.0. The van der Waals surface area contributed by atoms with Crippen molar-refractivity contribution in [3.63, 3.8) is 0 Å². The first-order chi connectivity index (χ1) is 12.7. The van der Waals surface area contributed by atoms with Gasteiger partial charge in [-0.2, -0.15) is 0 Å². The fourth-order valence-corrected chi connectivity index (χ4v) is 2.26. The van der Waals surface area contributed by atoms with Gasteiger partial charge in [-0.1, -0.05) is 39.0 Å². The van der Waals surface area contributed by atoms with Gasteiger partial charge in [0.25, 0.3) is 11.8 Å². The molecule has 2 rings (SSSR count).